The van der Waals surface area contributed by atoms with E-state index in [1.54, 1.807) is 30.3 Å². The maximum Gasteiger partial charge on any atom is 0.261 e. The number of ether oxygens (including phenoxy) is 2. The molecule has 0 bridgehead atoms. The molecular weight excluding hydrogens is 380 g/mol. The largest absolute Gasteiger partial charge is 0.448 e. The molecule has 1 amide bonds. The summed E-state index contributed by atoms with van der Waals surface area (Å²) in [5, 5.41) is 2.76. The normalized spacial score (nSPS) is 19.4. The minimum atomic E-state index is -3.76. The van der Waals surface area contributed by atoms with Gasteiger partial charge in [-0.2, -0.15) is 0 Å². The number of hydrogen-bond donors (Lipinski definition) is 2. The third-order valence-corrected chi connectivity index (χ3v) is 6.81. The topological polar surface area (TPSA) is 93.7 Å². The average Bonchev–Trinajstić information content (AvgIpc) is 3.26. The van der Waals surface area contributed by atoms with Gasteiger partial charge < -0.3 is 14.8 Å². The highest BCUT2D eigenvalue weighted by Gasteiger charge is 2.44. The number of carbonyl (C=O) groups is 1. The molecule has 1 aliphatic carbocycles. The second kappa shape index (κ2) is 6.13. The molecule has 2 heterocycles. The molecule has 146 valence electrons. The average molecular weight is 400 g/mol. The van der Waals surface area contributed by atoms with Crippen molar-refractivity contribution in [2.24, 2.45) is 0 Å². The predicted octanol–water partition coefficient (Wildman–Crippen LogP) is 3.41. The number of hydrogen-bond acceptors (Lipinski definition) is 5. The monoisotopic (exact) mass is 400 g/mol. The lowest BCUT2D eigenvalue weighted by atomic mass is 10.0. The van der Waals surface area contributed by atoms with Crippen LogP contribution in [0.4, 0.5) is 11.4 Å². The van der Waals surface area contributed by atoms with Gasteiger partial charge in [0.1, 0.15) is 0 Å². The van der Waals surface area contributed by atoms with Crippen LogP contribution in [0.5, 0.6) is 11.5 Å². The van der Waals surface area contributed by atoms with Crippen LogP contribution in [0.1, 0.15) is 37.7 Å². The van der Waals surface area contributed by atoms with E-state index in [0.717, 1.165) is 31.2 Å². The summed E-state index contributed by atoms with van der Waals surface area (Å²) in [4.78, 5) is 11.6. The molecule has 0 radical (unpaired) electrons. The Labute approximate surface area is 163 Å². The molecule has 8 heteroatoms. The van der Waals surface area contributed by atoms with Gasteiger partial charge in [0, 0.05) is 31.0 Å². The van der Waals surface area contributed by atoms with E-state index in [-0.39, 0.29) is 10.8 Å². The van der Waals surface area contributed by atoms with Crippen LogP contribution < -0.4 is 19.5 Å². The first kappa shape index (κ1) is 17.4. The molecule has 3 aliphatic rings. The number of amides is 1. The van der Waals surface area contributed by atoms with E-state index in [4.69, 9.17) is 9.47 Å². The predicted molar refractivity (Wildman–Crippen MR) is 103 cm³/mol. The Morgan fingerprint density at radius 1 is 0.964 bits per heavy atom. The molecule has 5 rings (SSSR count). The van der Waals surface area contributed by atoms with Crippen molar-refractivity contribution in [3.8, 4) is 11.5 Å². The van der Waals surface area contributed by atoms with E-state index in [2.05, 4.69) is 10.0 Å². The molecule has 1 saturated carbocycles. The lowest BCUT2D eigenvalue weighted by molar-refractivity contribution is -0.116. The van der Waals surface area contributed by atoms with Crippen LogP contribution in [0.3, 0.4) is 0 Å². The minimum absolute atomic E-state index is 0.0540. The molecule has 2 N–H and O–H groups in total. The Balaban J connectivity index is 1.39. The Kier molecular flexibility index (Phi) is 3.80. The van der Waals surface area contributed by atoms with E-state index in [1.165, 1.54) is 6.07 Å². The fraction of sp³-hybridized carbons (Fsp3) is 0.350. The standard InChI is InChI=1S/C20H20N2O5S/c23-19-8-3-13-11-15(5-6-16(13)21-19)28(24,25)22-14-4-7-17-18(12-14)27-20(26-17)9-1-2-10-20/h4-7,11-12,22H,1-3,8-10H2,(H,21,23). The Bertz CT molecular complexity index is 1070. The number of sulfonamides is 1. The van der Waals surface area contributed by atoms with Crippen LogP contribution >= 0.6 is 0 Å². The number of fused-ring (bicyclic) bond motifs is 2. The summed E-state index contributed by atoms with van der Waals surface area (Å²) in [7, 11) is -3.76. The summed E-state index contributed by atoms with van der Waals surface area (Å²) >= 11 is 0. The van der Waals surface area contributed by atoms with Gasteiger partial charge in [0.15, 0.2) is 11.5 Å². The van der Waals surface area contributed by atoms with Gasteiger partial charge in [-0.25, -0.2) is 8.42 Å². The molecule has 0 saturated heterocycles. The van der Waals surface area contributed by atoms with E-state index in [9.17, 15) is 13.2 Å². The van der Waals surface area contributed by atoms with Gasteiger partial charge in [0.2, 0.25) is 5.91 Å². The van der Waals surface area contributed by atoms with Crippen molar-refractivity contribution in [1.82, 2.24) is 0 Å². The van der Waals surface area contributed by atoms with Crippen LogP contribution in [-0.2, 0) is 21.2 Å². The highest BCUT2D eigenvalue weighted by Crippen LogP contribution is 2.47. The number of carbonyl (C=O) groups excluding carboxylic acids is 1. The molecule has 0 unspecified atom stereocenters. The summed E-state index contributed by atoms with van der Waals surface area (Å²) < 4.78 is 40.2. The maximum atomic E-state index is 12.8. The van der Waals surface area contributed by atoms with Crippen molar-refractivity contribution in [3.63, 3.8) is 0 Å². The van der Waals surface area contributed by atoms with Crippen molar-refractivity contribution in [2.45, 2.75) is 49.2 Å². The Morgan fingerprint density at radius 3 is 2.57 bits per heavy atom. The second-order valence-corrected chi connectivity index (χ2v) is 9.14. The van der Waals surface area contributed by atoms with E-state index in [0.29, 0.717) is 35.7 Å². The summed E-state index contributed by atoms with van der Waals surface area (Å²) in [5.74, 6) is 0.578. The van der Waals surface area contributed by atoms with Crippen LogP contribution in [0.25, 0.3) is 0 Å². The zero-order valence-electron chi connectivity index (χ0n) is 15.2. The molecule has 1 fully saturated rings. The quantitative estimate of drug-likeness (QED) is 0.823. The van der Waals surface area contributed by atoms with Gasteiger partial charge >= 0.3 is 0 Å². The van der Waals surface area contributed by atoms with E-state index < -0.39 is 15.8 Å². The van der Waals surface area contributed by atoms with Crippen LogP contribution in [0.2, 0.25) is 0 Å². The van der Waals surface area contributed by atoms with Gasteiger partial charge in [-0.3, -0.25) is 9.52 Å². The van der Waals surface area contributed by atoms with Gasteiger partial charge in [0.05, 0.1) is 10.6 Å². The fourth-order valence-corrected chi connectivity index (χ4v) is 5.12. The number of nitrogens with one attached hydrogen (secondary N) is 2. The summed E-state index contributed by atoms with van der Waals surface area (Å²) in [6, 6.07) is 9.81. The molecule has 0 aromatic heterocycles. The van der Waals surface area contributed by atoms with Crippen LogP contribution in [0.15, 0.2) is 41.3 Å². The highest BCUT2D eigenvalue weighted by molar-refractivity contribution is 7.92. The van der Waals surface area contributed by atoms with Crippen LogP contribution in [-0.4, -0.2) is 20.1 Å². The first-order valence-corrected chi connectivity index (χ1v) is 10.9. The first-order valence-electron chi connectivity index (χ1n) is 9.40. The molecule has 1 spiro atoms. The smallest absolute Gasteiger partial charge is 0.261 e. The third kappa shape index (κ3) is 2.97. The number of benzene rings is 2. The molecule has 2 aromatic rings. The minimum Gasteiger partial charge on any atom is -0.448 e. The zero-order chi connectivity index (χ0) is 19.4. The van der Waals surface area contributed by atoms with Gasteiger partial charge in [-0.15, -0.1) is 0 Å². The molecule has 7 nitrogen and oxygen atoms in total. The molecule has 0 atom stereocenters. The number of anilines is 2. The number of rotatable bonds is 3. The van der Waals surface area contributed by atoms with E-state index >= 15 is 0 Å². The van der Waals surface area contributed by atoms with Gasteiger partial charge in [0.25, 0.3) is 15.8 Å². The summed E-state index contributed by atoms with van der Waals surface area (Å²) in [5.41, 5.74) is 1.90. The molecule has 2 aliphatic heterocycles. The SMILES string of the molecule is O=C1CCc2cc(S(=O)(=O)Nc3ccc4c(c3)OC3(CCCC3)O4)ccc2N1. The van der Waals surface area contributed by atoms with Crippen molar-refractivity contribution in [2.75, 3.05) is 10.0 Å². The second-order valence-electron chi connectivity index (χ2n) is 7.46. The Hall–Kier alpha value is -2.74. The van der Waals surface area contributed by atoms with Crippen molar-refractivity contribution < 1.29 is 22.7 Å². The third-order valence-electron chi connectivity index (χ3n) is 5.44. The summed E-state index contributed by atoms with van der Waals surface area (Å²) in [6.45, 7) is 0. The molecule has 28 heavy (non-hydrogen) atoms. The lowest BCUT2D eigenvalue weighted by Crippen LogP contribution is -2.34. The van der Waals surface area contributed by atoms with Crippen molar-refractivity contribution in [1.29, 1.82) is 0 Å². The fourth-order valence-electron chi connectivity index (χ4n) is 4.02. The Morgan fingerprint density at radius 2 is 1.75 bits per heavy atom. The van der Waals surface area contributed by atoms with E-state index in [1.807, 2.05) is 0 Å². The van der Waals surface area contributed by atoms with Gasteiger partial charge in [-0.1, -0.05) is 0 Å². The first-order chi connectivity index (χ1) is 13.4. The van der Waals surface area contributed by atoms with Crippen molar-refractivity contribution >= 4 is 27.3 Å². The molecule has 2 aromatic carbocycles. The van der Waals surface area contributed by atoms with Crippen molar-refractivity contribution in [3.05, 3.63) is 42.0 Å². The molecular formula is C20H20N2O5S. The van der Waals surface area contributed by atoms with Gasteiger partial charge in [-0.05, 0) is 55.2 Å². The maximum absolute atomic E-state index is 12.8. The highest BCUT2D eigenvalue weighted by atomic mass is 32.2. The lowest BCUT2D eigenvalue weighted by Gasteiger charge is -2.21. The van der Waals surface area contributed by atoms with Crippen LogP contribution in [0, 0.1) is 0 Å². The summed E-state index contributed by atoms with van der Waals surface area (Å²) in [6.07, 6.45) is 4.69. The zero-order valence-corrected chi connectivity index (χ0v) is 16.0. The number of aryl methyl sites for hydroxylation is 1.